The molecule has 1 aliphatic heterocycles. The van der Waals surface area contributed by atoms with Gasteiger partial charge < -0.3 is 10.6 Å². The van der Waals surface area contributed by atoms with Gasteiger partial charge >= 0.3 is 6.03 Å². The van der Waals surface area contributed by atoms with Gasteiger partial charge in [-0.05, 0) is 41.7 Å². The van der Waals surface area contributed by atoms with Crippen LogP contribution in [-0.2, 0) is 28.1 Å². The summed E-state index contributed by atoms with van der Waals surface area (Å²) in [5.41, 5.74) is 1.48. The average molecular weight is 418 g/mol. The smallest absolute Gasteiger partial charge is 0.325 e. The van der Waals surface area contributed by atoms with Crippen LogP contribution in [0.1, 0.15) is 23.1 Å². The normalized spacial score (nSPS) is 20.4. The number of halogens is 2. The first-order valence-electron chi connectivity index (χ1n) is 8.84. The highest BCUT2D eigenvalue weighted by Crippen LogP contribution is 2.41. The third kappa shape index (κ3) is 3.12. The number of carbonyl (C=O) groups excluding carboxylic acids is 3. The molecule has 144 valence electrons. The number of benzene rings is 2. The third-order valence-electron chi connectivity index (χ3n) is 5.22. The Kier molecular flexibility index (Phi) is 4.77. The van der Waals surface area contributed by atoms with Crippen molar-refractivity contribution < 1.29 is 14.4 Å². The standard InChI is InChI=1S/C20H17Cl2N3O3/c21-14-6-5-13(16(22)9-14)10-23-17(26)11-25-18(27)20(24-19(25)28)8-7-12-3-1-2-4-15(12)20/h1-6,9H,7-8,10-11H2,(H,23,26)(H,24,28)/t20-/m0/s1. The van der Waals surface area contributed by atoms with E-state index in [1.165, 1.54) is 0 Å². The van der Waals surface area contributed by atoms with E-state index in [0.717, 1.165) is 16.0 Å². The summed E-state index contributed by atoms with van der Waals surface area (Å²) in [5.74, 6) is -0.833. The average Bonchev–Trinajstić information content (AvgIpc) is 3.15. The highest BCUT2D eigenvalue weighted by molar-refractivity contribution is 6.35. The summed E-state index contributed by atoms with van der Waals surface area (Å²) < 4.78 is 0. The number of nitrogens with zero attached hydrogens (tertiary/aromatic N) is 1. The van der Waals surface area contributed by atoms with Gasteiger partial charge in [0, 0.05) is 16.6 Å². The molecular formula is C20H17Cl2N3O3. The number of imide groups is 1. The minimum atomic E-state index is -1.06. The SMILES string of the molecule is O=C(CN1C(=O)N[C@]2(CCc3ccccc32)C1=O)NCc1ccc(Cl)cc1Cl. The van der Waals surface area contributed by atoms with Gasteiger partial charge in [0.05, 0.1) is 0 Å². The number of rotatable bonds is 4. The molecule has 1 saturated heterocycles. The van der Waals surface area contributed by atoms with Crippen molar-refractivity contribution in [2.75, 3.05) is 6.54 Å². The number of carbonyl (C=O) groups is 3. The van der Waals surface area contributed by atoms with Crippen LogP contribution in [0.2, 0.25) is 10.0 Å². The molecule has 28 heavy (non-hydrogen) atoms. The molecule has 8 heteroatoms. The predicted molar refractivity (Wildman–Crippen MR) is 105 cm³/mol. The number of aryl methyl sites for hydroxylation is 1. The Labute approximate surface area is 171 Å². The van der Waals surface area contributed by atoms with Crippen LogP contribution in [0.3, 0.4) is 0 Å². The molecule has 0 saturated carbocycles. The highest BCUT2D eigenvalue weighted by atomic mass is 35.5. The molecule has 4 amide bonds. The molecule has 0 unspecified atom stereocenters. The molecular weight excluding hydrogens is 401 g/mol. The zero-order valence-electron chi connectivity index (χ0n) is 14.8. The van der Waals surface area contributed by atoms with Crippen LogP contribution in [0.15, 0.2) is 42.5 Å². The Morgan fingerprint density at radius 1 is 1.18 bits per heavy atom. The Balaban J connectivity index is 1.45. The van der Waals surface area contributed by atoms with Crippen LogP contribution < -0.4 is 10.6 Å². The van der Waals surface area contributed by atoms with E-state index in [9.17, 15) is 14.4 Å². The fraction of sp³-hybridized carbons (Fsp3) is 0.250. The highest BCUT2D eigenvalue weighted by Gasteiger charge is 2.55. The van der Waals surface area contributed by atoms with E-state index in [4.69, 9.17) is 23.2 Å². The van der Waals surface area contributed by atoms with Gasteiger partial charge in [0.25, 0.3) is 5.91 Å². The van der Waals surface area contributed by atoms with Crippen molar-refractivity contribution in [3.8, 4) is 0 Å². The summed E-state index contributed by atoms with van der Waals surface area (Å²) in [7, 11) is 0. The second-order valence-corrected chi connectivity index (χ2v) is 7.74. The summed E-state index contributed by atoms with van der Waals surface area (Å²) in [6, 6.07) is 12.0. The van der Waals surface area contributed by atoms with Gasteiger partial charge in [0.1, 0.15) is 12.1 Å². The van der Waals surface area contributed by atoms with E-state index in [-0.39, 0.29) is 19.0 Å². The van der Waals surface area contributed by atoms with E-state index in [1.54, 1.807) is 18.2 Å². The lowest BCUT2D eigenvalue weighted by molar-refractivity contribution is -0.135. The topological polar surface area (TPSA) is 78.5 Å². The number of fused-ring (bicyclic) bond motifs is 2. The number of hydrogen-bond acceptors (Lipinski definition) is 3. The van der Waals surface area contributed by atoms with Gasteiger partial charge in [-0.3, -0.25) is 14.5 Å². The van der Waals surface area contributed by atoms with Crippen LogP contribution in [0.25, 0.3) is 0 Å². The van der Waals surface area contributed by atoms with Gasteiger partial charge in [-0.2, -0.15) is 0 Å². The molecule has 2 aliphatic rings. The molecule has 0 bridgehead atoms. The summed E-state index contributed by atoms with van der Waals surface area (Å²) in [4.78, 5) is 38.8. The van der Waals surface area contributed by atoms with Gasteiger partial charge in [0.15, 0.2) is 0 Å². The minimum Gasteiger partial charge on any atom is -0.350 e. The molecule has 1 atom stereocenters. The molecule has 1 fully saturated rings. The monoisotopic (exact) mass is 417 g/mol. The first-order valence-corrected chi connectivity index (χ1v) is 9.59. The van der Waals surface area contributed by atoms with Crippen molar-refractivity contribution in [3.63, 3.8) is 0 Å². The molecule has 1 heterocycles. The van der Waals surface area contributed by atoms with Crippen LogP contribution in [0, 0.1) is 0 Å². The van der Waals surface area contributed by atoms with E-state index in [1.807, 2.05) is 24.3 Å². The van der Waals surface area contributed by atoms with Gasteiger partial charge in [-0.15, -0.1) is 0 Å². The van der Waals surface area contributed by atoms with Gasteiger partial charge in [-0.1, -0.05) is 53.5 Å². The number of nitrogens with one attached hydrogen (secondary N) is 2. The third-order valence-corrected chi connectivity index (χ3v) is 5.80. The minimum absolute atomic E-state index is 0.173. The van der Waals surface area contributed by atoms with Crippen LogP contribution in [0.5, 0.6) is 0 Å². The molecule has 6 nitrogen and oxygen atoms in total. The van der Waals surface area contributed by atoms with Crippen molar-refractivity contribution >= 4 is 41.0 Å². The van der Waals surface area contributed by atoms with E-state index < -0.39 is 17.5 Å². The summed E-state index contributed by atoms with van der Waals surface area (Å²) in [6.07, 6.45) is 1.20. The Morgan fingerprint density at radius 3 is 2.75 bits per heavy atom. The van der Waals surface area contributed by atoms with E-state index >= 15 is 0 Å². The lowest BCUT2D eigenvalue weighted by atomic mass is 9.92. The van der Waals surface area contributed by atoms with Crippen molar-refractivity contribution in [1.82, 2.24) is 15.5 Å². The quantitative estimate of drug-likeness (QED) is 0.750. The maximum absolute atomic E-state index is 13.0. The molecule has 2 N–H and O–H groups in total. The fourth-order valence-corrected chi connectivity index (χ4v) is 4.27. The zero-order chi connectivity index (χ0) is 19.9. The summed E-state index contributed by atoms with van der Waals surface area (Å²) >= 11 is 12.0. The summed E-state index contributed by atoms with van der Waals surface area (Å²) in [5, 5.41) is 6.42. The molecule has 0 aromatic heterocycles. The van der Waals surface area contributed by atoms with Crippen LogP contribution in [-0.4, -0.2) is 29.3 Å². The van der Waals surface area contributed by atoms with Crippen molar-refractivity contribution in [2.45, 2.75) is 24.9 Å². The zero-order valence-corrected chi connectivity index (χ0v) is 16.3. The maximum Gasteiger partial charge on any atom is 0.325 e. The fourth-order valence-electron chi connectivity index (χ4n) is 3.79. The van der Waals surface area contributed by atoms with Crippen molar-refractivity contribution in [2.24, 2.45) is 0 Å². The Hall–Kier alpha value is -2.57. The van der Waals surface area contributed by atoms with Gasteiger partial charge in [-0.25, -0.2) is 4.79 Å². The Morgan fingerprint density at radius 2 is 1.96 bits per heavy atom. The number of urea groups is 1. The van der Waals surface area contributed by atoms with Crippen LogP contribution in [0.4, 0.5) is 4.79 Å². The van der Waals surface area contributed by atoms with Crippen LogP contribution >= 0.6 is 23.2 Å². The van der Waals surface area contributed by atoms with Gasteiger partial charge in [0.2, 0.25) is 5.91 Å². The second-order valence-electron chi connectivity index (χ2n) is 6.90. The number of hydrogen-bond donors (Lipinski definition) is 2. The lowest BCUT2D eigenvalue weighted by Crippen LogP contribution is -2.43. The van der Waals surface area contributed by atoms with Crippen molar-refractivity contribution in [1.29, 1.82) is 0 Å². The lowest BCUT2D eigenvalue weighted by Gasteiger charge is -2.22. The Bertz CT molecular complexity index is 994. The largest absolute Gasteiger partial charge is 0.350 e. The second kappa shape index (κ2) is 7.11. The first kappa shape index (κ1) is 18.8. The predicted octanol–water partition coefficient (Wildman–Crippen LogP) is 3.00. The first-order chi connectivity index (χ1) is 13.4. The van der Waals surface area contributed by atoms with E-state index in [2.05, 4.69) is 10.6 Å². The molecule has 1 spiro atoms. The van der Waals surface area contributed by atoms with Crippen molar-refractivity contribution in [3.05, 3.63) is 69.2 Å². The maximum atomic E-state index is 13.0. The number of amides is 4. The molecule has 0 radical (unpaired) electrons. The van der Waals surface area contributed by atoms with E-state index in [0.29, 0.717) is 28.5 Å². The molecule has 2 aromatic rings. The molecule has 1 aliphatic carbocycles. The molecule has 4 rings (SSSR count). The molecule has 2 aromatic carbocycles. The summed E-state index contributed by atoms with van der Waals surface area (Å²) in [6.45, 7) is -0.174.